The Morgan fingerprint density at radius 3 is 2.63 bits per heavy atom. The van der Waals surface area contributed by atoms with Crippen LogP contribution in [0.1, 0.15) is 11.3 Å². The maximum absolute atomic E-state index is 13.5. The maximum Gasteiger partial charge on any atom is 0.235 e. The van der Waals surface area contributed by atoms with Crippen molar-refractivity contribution in [3.8, 4) is 22.7 Å². The van der Waals surface area contributed by atoms with Crippen LogP contribution in [0.3, 0.4) is 0 Å². The van der Waals surface area contributed by atoms with E-state index in [1.807, 2.05) is 0 Å². The van der Waals surface area contributed by atoms with E-state index in [0.717, 1.165) is 0 Å². The third-order valence-corrected chi connectivity index (χ3v) is 4.84. The number of aromatic amines is 1. The van der Waals surface area contributed by atoms with Crippen LogP contribution in [0.4, 0.5) is 4.39 Å². The number of halogens is 2. The predicted octanol–water partition coefficient (Wildman–Crippen LogP) is 4.50. The van der Waals surface area contributed by atoms with Gasteiger partial charge in [-0.1, -0.05) is 29.8 Å². The molecular weight excluding hydrogens is 369 g/mol. The number of benzene rings is 2. The molecule has 0 aliphatic heterocycles. The summed E-state index contributed by atoms with van der Waals surface area (Å²) in [6.07, 6.45) is 0. The lowest BCUT2D eigenvalue weighted by Crippen LogP contribution is -2.07. The van der Waals surface area contributed by atoms with Gasteiger partial charge in [-0.25, -0.2) is 9.07 Å². The van der Waals surface area contributed by atoms with Gasteiger partial charge in [0.2, 0.25) is 5.43 Å². The van der Waals surface area contributed by atoms with E-state index >= 15 is 0 Å². The van der Waals surface area contributed by atoms with Crippen LogP contribution in [-0.4, -0.2) is 19.9 Å². The Kier molecular flexibility index (Phi) is 4.00. The minimum Gasteiger partial charge on any atom is -0.503 e. The zero-order valence-corrected chi connectivity index (χ0v) is 15.3. The Bertz CT molecular complexity index is 1260. The largest absolute Gasteiger partial charge is 0.503 e. The van der Waals surface area contributed by atoms with Gasteiger partial charge in [0.15, 0.2) is 5.75 Å². The van der Waals surface area contributed by atoms with Crippen LogP contribution in [0.15, 0.2) is 47.3 Å². The van der Waals surface area contributed by atoms with Crippen LogP contribution in [0.2, 0.25) is 5.02 Å². The second kappa shape index (κ2) is 6.25. The Balaban J connectivity index is 2.09. The van der Waals surface area contributed by atoms with Crippen molar-refractivity contribution < 1.29 is 9.50 Å². The molecule has 2 heterocycles. The number of hydrogen-bond donors (Lipinski definition) is 2. The van der Waals surface area contributed by atoms with Crippen LogP contribution in [0.25, 0.3) is 28.0 Å². The second-order valence-electron chi connectivity index (χ2n) is 6.31. The van der Waals surface area contributed by atoms with Crippen LogP contribution in [0.5, 0.6) is 5.75 Å². The first-order valence-electron chi connectivity index (χ1n) is 8.24. The van der Waals surface area contributed by atoms with E-state index in [2.05, 4.69) is 10.1 Å². The highest BCUT2D eigenvalue weighted by molar-refractivity contribution is 6.33. The molecule has 4 rings (SSSR count). The van der Waals surface area contributed by atoms with E-state index in [-0.39, 0.29) is 16.9 Å². The molecule has 7 heteroatoms. The Hall–Kier alpha value is -3.12. The molecule has 5 nitrogen and oxygen atoms in total. The first-order valence-corrected chi connectivity index (χ1v) is 8.62. The van der Waals surface area contributed by atoms with Crippen molar-refractivity contribution in [1.29, 1.82) is 0 Å². The second-order valence-corrected chi connectivity index (χ2v) is 6.72. The molecule has 0 fully saturated rings. The van der Waals surface area contributed by atoms with Crippen molar-refractivity contribution in [3.05, 3.63) is 74.8 Å². The van der Waals surface area contributed by atoms with Crippen molar-refractivity contribution in [2.75, 3.05) is 0 Å². The first kappa shape index (κ1) is 17.3. The molecule has 0 saturated heterocycles. The van der Waals surface area contributed by atoms with E-state index in [9.17, 15) is 14.3 Å². The molecule has 4 aromatic rings. The minimum absolute atomic E-state index is 0.207. The summed E-state index contributed by atoms with van der Waals surface area (Å²) >= 11 is 6.24. The average molecular weight is 384 g/mol. The van der Waals surface area contributed by atoms with Gasteiger partial charge >= 0.3 is 0 Å². The summed E-state index contributed by atoms with van der Waals surface area (Å²) < 4.78 is 15.0. The number of fused-ring (bicyclic) bond motifs is 1. The van der Waals surface area contributed by atoms with Gasteiger partial charge in [0, 0.05) is 5.56 Å². The lowest BCUT2D eigenvalue weighted by Gasteiger charge is -2.10. The number of nitrogens with zero attached hydrogens (tertiary/aromatic N) is 2. The molecule has 0 unspecified atom stereocenters. The minimum atomic E-state index is -0.540. The van der Waals surface area contributed by atoms with Crippen LogP contribution < -0.4 is 5.43 Å². The molecule has 0 spiro atoms. The van der Waals surface area contributed by atoms with E-state index in [1.165, 1.54) is 12.1 Å². The summed E-state index contributed by atoms with van der Waals surface area (Å²) in [5.41, 5.74) is 2.31. The summed E-state index contributed by atoms with van der Waals surface area (Å²) in [6.45, 7) is 3.44. The quantitative estimate of drug-likeness (QED) is 0.535. The molecule has 0 amide bonds. The van der Waals surface area contributed by atoms with Crippen molar-refractivity contribution in [1.82, 2.24) is 14.8 Å². The van der Waals surface area contributed by atoms with Gasteiger partial charge in [0.05, 0.1) is 27.5 Å². The summed E-state index contributed by atoms with van der Waals surface area (Å²) in [4.78, 5) is 15.9. The number of aryl methyl sites for hydroxylation is 2. The zero-order valence-electron chi connectivity index (χ0n) is 14.5. The highest BCUT2D eigenvalue weighted by atomic mass is 35.5. The van der Waals surface area contributed by atoms with Gasteiger partial charge in [-0.15, -0.1) is 0 Å². The molecule has 0 bridgehead atoms. The van der Waals surface area contributed by atoms with E-state index in [1.54, 1.807) is 48.9 Å². The molecule has 136 valence electrons. The van der Waals surface area contributed by atoms with Crippen LogP contribution in [-0.2, 0) is 0 Å². The summed E-state index contributed by atoms with van der Waals surface area (Å²) in [7, 11) is 0. The fraction of sp³-hybridized carbons (Fsp3) is 0.100. The Morgan fingerprint density at radius 2 is 1.93 bits per heavy atom. The number of hydrogen-bond acceptors (Lipinski definition) is 3. The van der Waals surface area contributed by atoms with Gasteiger partial charge < -0.3 is 10.1 Å². The molecule has 0 aliphatic carbocycles. The summed E-state index contributed by atoms with van der Waals surface area (Å²) in [6, 6.07) is 11.2. The fourth-order valence-corrected chi connectivity index (χ4v) is 3.44. The topological polar surface area (TPSA) is 70.9 Å². The molecule has 0 saturated carbocycles. The number of rotatable bonds is 2. The van der Waals surface area contributed by atoms with E-state index in [4.69, 9.17) is 11.6 Å². The number of aromatic hydroxyl groups is 1. The van der Waals surface area contributed by atoms with Crippen molar-refractivity contribution in [2.24, 2.45) is 0 Å². The Morgan fingerprint density at radius 1 is 1.19 bits per heavy atom. The molecule has 0 aliphatic rings. The van der Waals surface area contributed by atoms with E-state index < -0.39 is 11.2 Å². The van der Waals surface area contributed by atoms with Gasteiger partial charge in [0.25, 0.3) is 0 Å². The smallest absolute Gasteiger partial charge is 0.235 e. The van der Waals surface area contributed by atoms with Crippen molar-refractivity contribution >= 4 is 22.6 Å². The number of aromatic nitrogens is 3. The zero-order chi connectivity index (χ0) is 19.3. The molecule has 0 radical (unpaired) electrons. The van der Waals surface area contributed by atoms with E-state index in [0.29, 0.717) is 33.2 Å². The molecule has 2 aromatic carbocycles. The van der Waals surface area contributed by atoms with Crippen molar-refractivity contribution in [2.45, 2.75) is 13.8 Å². The SMILES string of the molecule is Cc1cc(F)ccc1-n1nc(C)c2c(=O)c(O)c(-c3ccccc3Cl)[nH]c21. The molecular formula is C20H15ClFN3O2. The van der Waals surface area contributed by atoms with Crippen LogP contribution in [0, 0.1) is 19.7 Å². The van der Waals surface area contributed by atoms with Crippen molar-refractivity contribution in [3.63, 3.8) is 0 Å². The number of pyridine rings is 1. The van der Waals surface area contributed by atoms with Gasteiger partial charge in [-0.3, -0.25) is 4.79 Å². The number of H-pyrrole nitrogens is 1. The van der Waals surface area contributed by atoms with Gasteiger partial charge in [0.1, 0.15) is 11.5 Å². The fourth-order valence-electron chi connectivity index (χ4n) is 3.21. The molecule has 2 aromatic heterocycles. The first-order chi connectivity index (χ1) is 12.9. The van der Waals surface area contributed by atoms with Gasteiger partial charge in [-0.2, -0.15) is 5.10 Å². The monoisotopic (exact) mass is 383 g/mol. The number of nitrogens with one attached hydrogen (secondary N) is 1. The molecule has 0 atom stereocenters. The lowest BCUT2D eigenvalue weighted by atomic mass is 10.1. The van der Waals surface area contributed by atoms with Crippen LogP contribution >= 0.6 is 11.6 Å². The predicted molar refractivity (Wildman–Crippen MR) is 103 cm³/mol. The summed E-state index contributed by atoms with van der Waals surface area (Å²) in [5, 5.41) is 15.6. The summed E-state index contributed by atoms with van der Waals surface area (Å²) in [5.74, 6) is -0.776. The maximum atomic E-state index is 13.5. The average Bonchev–Trinajstić information content (AvgIpc) is 2.95. The third kappa shape index (κ3) is 2.69. The third-order valence-electron chi connectivity index (χ3n) is 4.51. The standard InChI is InChI=1S/C20H15ClFN3O2/c1-10-9-12(22)7-8-15(10)25-20-16(11(2)24-25)18(26)19(27)17(23-20)13-5-3-4-6-14(13)21/h3-9,27H,1-2H3,(H,23,26). The highest BCUT2D eigenvalue weighted by Gasteiger charge is 2.21. The van der Waals surface area contributed by atoms with Gasteiger partial charge in [-0.05, 0) is 43.7 Å². The molecule has 27 heavy (non-hydrogen) atoms. The molecule has 2 N–H and O–H groups in total. The highest BCUT2D eigenvalue weighted by Crippen LogP contribution is 2.33. The normalized spacial score (nSPS) is 11.3. The Labute approximate surface area is 158 Å². The lowest BCUT2D eigenvalue weighted by molar-refractivity contribution is 0.471.